The molecule has 228 valence electrons. The Hall–Kier alpha value is -2.89. The molecule has 12 heteroatoms. The number of aromatic nitrogens is 1. The molecule has 1 unspecified atom stereocenters. The number of nitrogens with zero attached hydrogens (tertiary/aromatic N) is 2. The third kappa shape index (κ3) is 6.84. The van der Waals surface area contributed by atoms with Crippen molar-refractivity contribution in [3.05, 3.63) is 121 Å². The van der Waals surface area contributed by atoms with E-state index in [0.29, 0.717) is 57.7 Å². The maximum atomic E-state index is 14.0. The van der Waals surface area contributed by atoms with Gasteiger partial charge in [-0.15, -0.1) is 0 Å². The average molecular weight is 781 g/mol. The fourth-order valence-electron chi connectivity index (χ4n) is 4.76. The minimum atomic E-state index is -0.711. The molecule has 1 aliphatic rings. The first-order valence-corrected chi connectivity index (χ1v) is 16.7. The minimum Gasteiger partial charge on any atom is -0.494 e. The van der Waals surface area contributed by atoms with E-state index in [0.717, 1.165) is 16.7 Å². The number of allylic oxidation sites excluding steroid dienone is 1. The van der Waals surface area contributed by atoms with Gasteiger partial charge in [-0.1, -0.05) is 52.7 Å². The zero-order chi connectivity index (χ0) is 31.5. The second kappa shape index (κ2) is 14.0. The van der Waals surface area contributed by atoms with Gasteiger partial charge in [0.1, 0.15) is 18.1 Å². The van der Waals surface area contributed by atoms with Crippen LogP contribution in [0.3, 0.4) is 0 Å². The third-order valence-electron chi connectivity index (χ3n) is 6.73. The molecule has 3 aromatic carbocycles. The van der Waals surface area contributed by atoms with Gasteiger partial charge >= 0.3 is 5.97 Å². The lowest BCUT2D eigenvalue weighted by molar-refractivity contribution is -0.139. The number of hydrogen-bond donors (Lipinski definition) is 0. The van der Waals surface area contributed by atoms with Crippen molar-refractivity contribution >= 4 is 78.4 Å². The average Bonchev–Trinajstić information content (AvgIpc) is 3.27. The number of fused-ring (bicyclic) bond motifs is 1. The molecular weight excluding hydrogens is 755 g/mol. The SMILES string of the molecule is CCOC(=O)C1=C(C)N=c2s/c(=C\c3cc(Br)c(OCc4ccc(Cl)cc4Cl)c(Br)c3)c(=O)n2C1c1ccc(OCC)cc1. The highest BCUT2D eigenvalue weighted by Crippen LogP contribution is 2.36. The van der Waals surface area contributed by atoms with Crippen molar-refractivity contribution in [2.24, 2.45) is 4.99 Å². The molecule has 0 saturated carbocycles. The Bertz CT molecular complexity index is 1930. The standard InChI is InChI=1S/C32H26Br2Cl2N2O5S/c1-4-41-22-10-7-19(8-11-22)28-27(31(40)42-5-2)17(3)37-32-38(28)30(39)26(44-32)14-18-12-23(33)29(24(34)13-18)43-16-20-6-9-21(35)15-25(20)36/h6-15,28H,4-5,16H2,1-3H3/b26-14-. The first-order valence-electron chi connectivity index (χ1n) is 13.6. The van der Waals surface area contributed by atoms with E-state index in [-0.39, 0.29) is 18.8 Å². The van der Waals surface area contributed by atoms with Crippen molar-refractivity contribution in [2.45, 2.75) is 33.4 Å². The van der Waals surface area contributed by atoms with E-state index < -0.39 is 12.0 Å². The van der Waals surface area contributed by atoms with Gasteiger partial charge < -0.3 is 14.2 Å². The van der Waals surface area contributed by atoms with Crippen LogP contribution in [0, 0.1) is 0 Å². The van der Waals surface area contributed by atoms with Gasteiger partial charge in [0, 0.05) is 15.6 Å². The molecular formula is C32H26Br2Cl2N2O5S. The summed E-state index contributed by atoms with van der Waals surface area (Å²) in [5.74, 6) is 0.770. The first-order chi connectivity index (χ1) is 21.1. The van der Waals surface area contributed by atoms with Crippen LogP contribution in [0.2, 0.25) is 10.0 Å². The number of carbonyl (C=O) groups is 1. The van der Waals surface area contributed by atoms with E-state index in [1.54, 1.807) is 36.6 Å². The van der Waals surface area contributed by atoms with Gasteiger partial charge in [-0.3, -0.25) is 9.36 Å². The van der Waals surface area contributed by atoms with Crippen LogP contribution >= 0.6 is 66.4 Å². The van der Waals surface area contributed by atoms with E-state index in [9.17, 15) is 9.59 Å². The zero-order valence-corrected chi connectivity index (χ0v) is 29.3. The van der Waals surface area contributed by atoms with E-state index in [1.165, 1.54) is 11.3 Å². The lowest BCUT2D eigenvalue weighted by Crippen LogP contribution is -2.39. The van der Waals surface area contributed by atoms with Gasteiger partial charge in [0.2, 0.25) is 0 Å². The Balaban J connectivity index is 1.54. The summed E-state index contributed by atoms with van der Waals surface area (Å²) >= 11 is 20.8. The van der Waals surface area contributed by atoms with E-state index in [4.69, 9.17) is 37.4 Å². The van der Waals surface area contributed by atoms with Crippen molar-refractivity contribution in [1.29, 1.82) is 0 Å². The smallest absolute Gasteiger partial charge is 0.338 e. The molecule has 0 amide bonds. The molecule has 44 heavy (non-hydrogen) atoms. The monoisotopic (exact) mass is 778 g/mol. The number of hydrogen-bond acceptors (Lipinski definition) is 7. The van der Waals surface area contributed by atoms with Crippen LogP contribution in [-0.4, -0.2) is 23.8 Å². The molecule has 4 aromatic rings. The quantitative estimate of drug-likeness (QED) is 0.164. The molecule has 2 heterocycles. The molecule has 1 aromatic heterocycles. The number of esters is 1. The Labute approximate surface area is 284 Å². The molecule has 0 saturated heterocycles. The highest BCUT2D eigenvalue weighted by molar-refractivity contribution is 9.11. The minimum absolute atomic E-state index is 0.201. The highest BCUT2D eigenvalue weighted by atomic mass is 79.9. The summed E-state index contributed by atoms with van der Waals surface area (Å²) in [4.78, 5) is 32.3. The predicted molar refractivity (Wildman–Crippen MR) is 181 cm³/mol. The molecule has 5 rings (SSSR count). The Morgan fingerprint density at radius 1 is 1.02 bits per heavy atom. The van der Waals surface area contributed by atoms with Gasteiger partial charge in [-0.2, -0.15) is 0 Å². The molecule has 0 bridgehead atoms. The molecule has 0 fully saturated rings. The van der Waals surface area contributed by atoms with Crippen LogP contribution in [0.1, 0.15) is 43.5 Å². The fourth-order valence-corrected chi connectivity index (χ4v) is 7.72. The lowest BCUT2D eigenvalue weighted by Gasteiger charge is -2.24. The topological polar surface area (TPSA) is 79.1 Å². The molecule has 0 N–H and O–H groups in total. The summed E-state index contributed by atoms with van der Waals surface area (Å²) < 4.78 is 20.4. The van der Waals surface area contributed by atoms with Crippen molar-refractivity contribution in [2.75, 3.05) is 13.2 Å². The summed E-state index contributed by atoms with van der Waals surface area (Å²) in [6, 6.07) is 15.6. The van der Waals surface area contributed by atoms with Gasteiger partial charge in [-0.05, 0) is 106 Å². The molecule has 1 atom stereocenters. The summed E-state index contributed by atoms with van der Waals surface area (Å²) in [6.07, 6.45) is 1.79. The third-order valence-corrected chi connectivity index (χ3v) is 9.48. The van der Waals surface area contributed by atoms with Crippen LogP contribution < -0.4 is 24.4 Å². The number of thiazole rings is 1. The Morgan fingerprint density at radius 3 is 2.36 bits per heavy atom. The van der Waals surface area contributed by atoms with Crippen LogP contribution in [0.4, 0.5) is 0 Å². The Kier molecular flexibility index (Phi) is 10.4. The zero-order valence-electron chi connectivity index (χ0n) is 23.8. The maximum absolute atomic E-state index is 14.0. The number of ether oxygens (including phenoxy) is 3. The number of benzene rings is 3. The summed E-state index contributed by atoms with van der Waals surface area (Å²) in [5, 5.41) is 1.07. The molecule has 0 aliphatic carbocycles. The van der Waals surface area contributed by atoms with E-state index in [2.05, 4.69) is 36.9 Å². The molecule has 7 nitrogen and oxygen atoms in total. The molecule has 0 spiro atoms. The fraction of sp³-hybridized carbons (Fsp3) is 0.219. The second-order valence-electron chi connectivity index (χ2n) is 9.64. The van der Waals surface area contributed by atoms with Gasteiger partial charge in [0.25, 0.3) is 5.56 Å². The summed E-state index contributed by atoms with van der Waals surface area (Å²) in [6.45, 7) is 6.37. The van der Waals surface area contributed by atoms with Crippen molar-refractivity contribution in [3.8, 4) is 11.5 Å². The second-order valence-corrected chi connectivity index (χ2v) is 13.2. The van der Waals surface area contributed by atoms with Crippen molar-refractivity contribution < 1.29 is 19.0 Å². The summed E-state index contributed by atoms with van der Waals surface area (Å²) in [7, 11) is 0. The van der Waals surface area contributed by atoms with E-state index in [1.807, 2.05) is 49.4 Å². The van der Waals surface area contributed by atoms with Crippen LogP contribution in [0.5, 0.6) is 11.5 Å². The number of halogens is 4. The highest BCUT2D eigenvalue weighted by Gasteiger charge is 2.33. The van der Waals surface area contributed by atoms with Gasteiger partial charge in [-0.25, -0.2) is 9.79 Å². The normalized spacial score (nSPS) is 14.7. The molecule has 1 aliphatic heterocycles. The lowest BCUT2D eigenvalue weighted by atomic mass is 9.96. The predicted octanol–water partition coefficient (Wildman–Crippen LogP) is 7.61. The Morgan fingerprint density at radius 2 is 1.73 bits per heavy atom. The van der Waals surface area contributed by atoms with Crippen molar-refractivity contribution in [3.63, 3.8) is 0 Å². The number of carbonyl (C=O) groups excluding carboxylic acids is 1. The van der Waals surface area contributed by atoms with Gasteiger partial charge in [0.05, 0.1) is 44.0 Å². The summed E-state index contributed by atoms with van der Waals surface area (Å²) in [5.41, 5.74) is 2.84. The van der Waals surface area contributed by atoms with E-state index >= 15 is 0 Å². The largest absolute Gasteiger partial charge is 0.494 e. The maximum Gasteiger partial charge on any atom is 0.338 e. The first kappa shape index (κ1) is 32.5. The molecule has 0 radical (unpaired) electrons. The van der Waals surface area contributed by atoms with Gasteiger partial charge in [0.15, 0.2) is 4.80 Å². The van der Waals surface area contributed by atoms with Crippen LogP contribution in [0.25, 0.3) is 6.08 Å². The van der Waals surface area contributed by atoms with Crippen LogP contribution in [0.15, 0.2) is 84.6 Å². The number of rotatable bonds is 9. The van der Waals surface area contributed by atoms with Crippen LogP contribution in [-0.2, 0) is 16.1 Å². The van der Waals surface area contributed by atoms with Crippen molar-refractivity contribution in [1.82, 2.24) is 4.57 Å².